The summed E-state index contributed by atoms with van der Waals surface area (Å²) in [6.07, 6.45) is 3.59. The summed E-state index contributed by atoms with van der Waals surface area (Å²) in [7, 11) is 1.66. The minimum atomic E-state index is -0.0958. The minimum absolute atomic E-state index is 0.0453. The summed E-state index contributed by atoms with van der Waals surface area (Å²) in [5, 5.41) is 16.3. The van der Waals surface area contributed by atoms with Crippen LogP contribution >= 0.6 is 0 Å². The van der Waals surface area contributed by atoms with Gasteiger partial charge in [0, 0.05) is 38.4 Å². The predicted molar refractivity (Wildman–Crippen MR) is 124 cm³/mol. The van der Waals surface area contributed by atoms with Gasteiger partial charge in [0.25, 0.3) is 5.91 Å². The molecule has 2 aromatic heterocycles. The number of carbonyl (C=O) groups excluding carboxylic acids is 1. The van der Waals surface area contributed by atoms with Crippen molar-refractivity contribution in [1.29, 1.82) is 0 Å². The molecule has 3 aromatic rings. The van der Waals surface area contributed by atoms with Gasteiger partial charge in [-0.15, -0.1) is 5.10 Å². The largest absolute Gasteiger partial charge is 0.497 e. The zero-order valence-corrected chi connectivity index (χ0v) is 19.7. The molecule has 0 saturated carbocycles. The SMILES string of the molecule is CCn1ccc(C(=O)NC2CCN(Cc3nnn4c3CO[C@H](c3ccc(OC)cc3)C4)CC2)n1. The van der Waals surface area contributed by atoms with E-state index >= 15 is 0 Å². The third-order valence-corrected chi connectivity index (χ3v) is 6.66. The van der Waals surface area contributed by atoms with Crippen molar-refractivity contribution in [2.75, 3.05) is 20.2 Å². The molecule has 0 unspecified atom stereocenters. The first-order valence-corrected chi connectivity index (χ1v) is 11.9. The van der Waals surface area contributed by atoms with E-state index in [1.807, 2.05) is 42.1 Å². The summed E-state index contributed by atoms with van der Waals surface area (Å²) < 4.78 is 15.1. The van der Waals surface area contributed by atoms with Crippen LogP contribution in [0.2, 0.25) is 0 Å². The number of benzene rings is 1. The van der Waals surface area contributed by atoms with Crippen LogP contribution in [0, 0.1) is 0 Å². The molecule has 180 valence electrons. The second kappa shape index (κ2) is 9.94. The Balaban J connectivity index is 1.13. The maximum atomic E-state index is 12.5. The molecule has 0 bridgehead atoms. The number of likely N-dealkylation sites (tertiary alicyclic amines) is 1. The number of hydrogen-bond donors (Lipinski definition) is 1. The first-order valence-electron chi connectivity index (χ1n) is 11.9. The third-order valence-electron chi connectivity index (χ3n) is 6.66. The standard InChI is InChI=1S/C24H31N7O3/c1-3-30-13-10-20(27-30)24(32)25-18-8-11-29(12-9-18)14-21-22-16-34-23(15-31(22)28-26-21)17-4-6-19(33-2)7-5-17/h4-7,10,13,18,23H,3,8-9,11-12,14-16H2,1-2H3,(H,25,32)/t23-/m0/s1. The van der Waals surface area contributed by atoms with Gasteiger partial charge in [-0.25, -0.2) is 4.68 Å². The van der Waals surface area contributed by atoms with E-state index in [1.165, 1.54) is 0 Å². The maximum absolute atomic E-state index is 12.5. The first kappa shape index (κ1) is 22.5. The van der Waals surface area contributed by atoms with Crippen LogP contribution in [0.5, 0.6) is 5.75 Å². The zero-order chi connectivity index (χ0) is 23.5. The van der Waals surface area contributed by atoms with Crippen molar-refractivity contribution in [2.24, 2.45) is 0 Å². The van der Waals surface area contributed by atoms with Crippen LogP contribution in [0.3, 0.4) is 0 Å². The monoisotopic (exact) mass is 465 g/mol. The van der Waals surface area contributed by atoms with Gasteiger partial charge < -0.3 is 14.8 Å². The molecule has 10 nitrogen and oxygen atoms in total. The van der Waals surface area contributed by atoms with Crippen molar-refractivity contribution in [3.63, 3.8) is 0 Å². The number of fused-ring (bicyclic) bond motifs is 1. The van der Waals surface area contributed by atoms with Gasteiger partial charge in [0.05, 0.1) is 26.0 Å². The number of amides is 1. The average molecular weight is 466 g/mol. The van der Waals surface area contributed by atoms with E-state index in [-0.39, 0.29) is 18.1 Å². The number of hydrogen-bond acceptors (Lipinski definition) is 7. The Kier molecular flexibility index (Phi) is 6.59. The second-order valence-corrected chi connectivity index (χ2v) is 8.82. The fourth-order valence-electron chi connectivity index (χ4n) is 4.57. The first-order chi connectivity index (χ1) is 16.6. The van der Waals surface area contributed by atoms with Crippen molar-refractivity contribution in [1.82, 2.24) is 35.0 Å². The van der Waals surface area contributed by atoms with Crippen LogP contribution in [0.25, 0.3) is 0 Å². The summed E-state index contributed by atoms with van der Waals surface area (Å²) in [5.74, 6) is 0.737. The third kappa shape index (κ3) is 4.83. The van der Waals surface area contributed by atoms with Crippen molar-refractivity contribution in [3.05, 3.63) is 59.2 Å². The topological polar surface area (TPSA) is 99.3 Å². The van der Waals surface area contributed by atoms with Crippen LogP contribution in [0.1, 0.15) is 53.3 Å². The van der Waals surface area contributed by atoms with E-state index in [0.717, 1.165) is 61.7 Å². The molecular weight excluding hydrogens is 434 g/mol. The molecule has 1 atom stereocenters. The Bertz CT molecular complexity index is 1120. The van der Waals surface area contributed by atoms with Crippen LogP contribution in [0.15, 0.2) is 36.5 Å². The highest BCUT2D eigenvalue weighted by atomic mass is 16.5. The average Bonchev–Trinajstić information content (AvgIpc) is 3.52. The van der Waals surface area contributed by atoms with Crippen LogP contribution in [-0.2, 0) is 31.0 Å². The quantitative estimate of drug-likeness (QED) is 0.571. The molecule has 0 radical (unpaired) electrons. The van der Waals surface area contributed by atoms with Gasteiger partial charge in [0.2, 0.25) is 0 Å². The molecule has 10 heteroatoms. The summed E-state index contributed by atoms with van der Waals surface area (Å²) in [6.45, 7) is 6.44. The summed E-state index contributed by atoms with van der Waals surface area (Å²) in [5.41, 5.74) is 3.61. The molecule has 1 saturated heterocycles. The van der Waals surface area contributed by atoms with E-state index < -0.39 is 0 Å². The highest BCUT2D eigenvalue weighted by Gasteiger charge is 2.27. The molecule has 1 fully saturated rings. The summed E-state index contributed by atoms with van der Waals surface area (Å²) in [6, 6.07) is 9.90. The summed E-state index contributed by atoms with van der Waals surface area (Å²) >= 11 is 0. The Morgan fingerprint density at radius 2 is 2.00 bits per heavy atom. The van der Waals surface area contributed by atoms with E-state index in [0.29, 0.717) is 18.8 Å². The van der Waals surface area contributed by atoms with Gasteiger partial charge in [-0.2, -0.15) is 5.10 Å². The number of methoxy groups -OCH3 is 1. The van der Waals surface area contributed by atoms with Gasteiger partial charge in [0.1, 0.15) is 23.2 Å². The normalized spacial score (nSPS) is 19.1. The molecule has 4 heterocycles. The molecule has 1 amide bonds. The van der Waals surface area contributed by atoms with Crippen molar-refractivity contribution in [3.8, 4) is 5.75 Å². The second-order valence-electron chi connectivity index (χ2n) is 8.82. The maximum Gasteiger partial charge on any atom is 0.271 e. The van der Waals surface area contributed by atoms with E-state index in [1.54, 1.807) is 17.9 Å². The molecule has 0 aliphatic carbocycles. The molecule has 2 aliphatic heterocycles. The molecule has 1 N–H and O–H groups in total. The molecule has 5 rings (SSSR count). The van der Waals surface area contributed by atoms with Gasteiger partial charge in [-0.1, -0.05) is 17.3 Å². The molecule has 34 heavy (non-hydrogen) atoms. The van der Waals surface area contributed by atoms with Gasteiger partial charge in [-0.3, -0.25) is 14.4 Å². The highest BCUT2D eigenvalue weighted by molar-refractivity contribution is 5.92. The lowest BCUT2D eigenvalue weighted by Crippen LogP contribution is -2.44. The molecule has 1 aromatic carbocycles. The number of aromatic nitrogens is 5. The fourth-order valence-corrected chi connectivity index (χ4v) is 4.57. The lowest BCUT2D eigenvalue weighted by Gasteiger charge is -2.32. The number of carbonyl (C=O) groups is 1. The van der Waals surface area contributed by atoms with E-state index in [2.05, 4.69) is 25.6 Å². The van der Waals surface area contributed by atoms with Crippen molar-refractivity contribution < 1.29 is 14.3 Å². The highest BCUT2D eigenvalue weighted by Crippen LogP contribution is 2.28. The Morgan fingerprint density at radius 1 is 1.21 bits per heavy atom. The lowest BCUT2D eigenvalue weighted by molar-refractivity contribution is -0.00218. The lowest BCUT2D eigenvalue weighted by atomic mass is 10.0. The van der Waals surface area contributed by atoms with Crippen LogP contribution in [0.4, 0.5) is 0 Å². The van der Waals surface area contributed by atoms with Gasteiger partial charge in [0.15, 0.2) is 0 Å². The molecular formula is C24H31N7O3. The predicted octanol–water partition coefficient (Wildman–Crippen LogP) is 2.17. The van der Waals surface area contributed by atoms with Crippen LogP contribution in [-0.4, -0.2) is 61.8 Å². The Morgan fingerprint density at radius 3 is 2.71 bits per heavy atom. The smallest absolute Gasteiger partial charge is 0.271 e. The number of nitrogens with zero attached hydrogens (tertiary/aromatic N) is 6. The van der Waals surface area contributed by atoms with Crippen LogP contribution < -0.4 is 10.1 Å². The molecule has 0 spiro atoms. The van der Waals surface area contributed by atoms with E-state index in [4.69, 9.17) is 9.47 Å². The van der Waals surface area contributed by atoms with Gasteiger partial charge in [-0.05, 0) is 43.5 Å². The zero-order valence-electron chi connectivity index (χ0n) is 19.7. The number of rotatable bonds is 7. The Hall–Kier alpha value is -3.24. The summed E-state index contributed by atoms with van der Waals surface area (Å²) in [4.78, 5) is 14.8. The van der Waals surface area contributed by atoms with Crippen molar-refractivity contribution >= 4 is 5.91 Å². The number of nitrogens with one attached hydrogen (secondary N) is 1. The number of ether oxygens (including phenoxy) is 2. The van der Waals surface area contributed by atoms with Gasteiger partial charge >= 0.3 is 0 Å². The van der Waals surface area contributed by atoms with Crippen molar-refractivity contribution in [2.45, 2.75) is 58.2 Å². The molecule has 2 aliphatic rings. The fraction of sp³-hybridized carbons (Fsp3) is 0.500. The number of aryl methyl sites for hydroxylation is 1. The minimum Gasteiger partial charge on any atom is -0.497 e. The van der Waals surface area contributed by atoms with E-state index in [9.17, 15) is 4.79 Å². The Labute approximate surface area is 198 Å². The number of piperidine rings is 1.